The van der Waals surface area contributed by atoms with E-state index in [9.17, 15) is 34.5 Å². The Morgan fingerprint density at radius 1 is 1.00 bits per heavy atom. The fourth-order valence-corrected chi connectivity index (χ4v) is 11.2. The Morgan fingerprint density at radius 3 is 2.31 bits per heavy atom. The fraction of sp³-hybridized carbons (Fsp3) is 0.622. The van der Waals surface area contributed by atoms with Crippen molar-refractivity contribution >= 4 is 41.1 Å². The van der Waals surface area contributed by atoms with Gasteiger partial charge < -0.3 is 49.1 Å². The molecule has 4 N–H and O–H groups in total. The molecule has 1 aromatic carbocycles. The first-order valence-electron chi connectivity index (χ1n) is 21.1. The van der Waals surface area contributed by atoms with Crippen LogP contribution in [0, 0.1) is 22.7 Å². The summed E-state index contributed by atoms with van der Waals surface area (Å²) in [4.78, 5) is 70.1. The molecule has 2 heterocycles. The smallest absolute Gasteiger partial charge is 0.408 e. The lowest BCUT2D eigenvalue weighted by Gasteiger charge is -2.67. The first-order chi connectivity index (χ1) is 28.9. The van der Waals surface area contributed by atoms with Crippen molar-refractivity contribution in [3.05, 3.63) is 69.4 Å². The first-order valence-corrected chi connectivity index (χ1v) is 22.0. The SMILES string of the molecule is CC(=O)O[C@@]12CO[C@@H]1C[C@H](O)[C@@]1(C)C(=O)[C@H](OC(=O)C3CC3)C3=C(C)[C@@H](OC(=O)[C@H](O)[C@@H](NC(=O)OC4CCC4)c4cccs4)C[C@@](O)([C@@H](OCc4ccccc4)C12)C3(C)C. The molecule has 4 saturated carbocycles. The maximum atomic E-state index is 15.7. The molecule has 1 aromatic heterocycles. The largest absolute Gasteiger partial charge is 0.456 e. The first kappa shape index (κ1) is 43.5. The molecule has 2 aromatic rings. The van der Waals surface area contributed by atoms with E-state index in [4.69, 9.17) is 28.4 Å². The van der Waals surface area contributed by atoms with E-state index < -0.39 is 106 Å². The Bertz CT molecular complexity index is 2060. The minimum Gasteiger partial charge on any atom is -0.456 e. The van der Waals surface area contributed by atoms with Gasteiger partial charge >= 0.3 is 24.0 Å². The number of amides is 1. The molecule has 15 nitrogen and oxygen atoms in total. The van der Waals surface area contributed by atoms with Crippen LogP contribution in [0.4, 0.5) is 4.79 Å². The number of carbonyl (C=O) groups is 5. The Balaban J connectivity index is 1.25. The van der Waals surface area contributed by atoms with Crippen LogP contribution < -0.4 is 5.32 Å². The summed E-state index contributed by atoms with van der Waals surface area (Å²) in [6.45, 7) is 7.51. The standard InChI is InChI=1S/C45H55NO14S/c1-23-28(58-40(52)34(49)33(29-15-10-18-61-29)46-41(53)57-27-13-9-14-27)20-45(54)38(55-21-25-11-7-6-8-12-25)36-43(5,30(48)19-31-44(36,22-56-31)60-24(2)47)37(50)35(32(23)42(45,3)4)59-39(51)26-16-17-26/h6-8,10-12,15,18,26-28,30-31,33-36,38,48-49,54H,9,13-14,16-17,19-22H2,1-5H3,(H,46,53)/t28-,30-,31+,33-,34+,35+,36?,38-,43+,44-,45+/m0/s1. The molecule has 2 bridgehead atoms. The van der Waals surface area contributed by atoms with Gasteiger partial charge in [-0.3, -0.25) is 14.4 Å². The summed E-state index contributed by atoms with van der Waals surface area (Å²) in [6, 6.07) is 11.2. The lowest BCUT2D eigenvalue weighted by Crippen LogP contribution is -2.81. The van der Waals surface area contributed by atoms with Gasteiger partial charge in [-0.25, -0.2) is 9.59 Å². The van der Waals surface area contributed by atoms with Crippen molar-refractivity contribution in [2.24, 2.45) is 22.7 Å². The number of Topliss-reactive ketones (excluding diaryl/α,β-unsaturated/α-hetero) is 1. The van der Waals surface area contributed by atoms with E-state index in [1.807, 2.05) is 30.3 Å². The molecular formula is C45H55NO14S. The number of esters is 3. The number of fused-ring (bicyclic) bond motifs is 5. The molecule has 1 amide bonds. The average Bonchev–Trinajstić information content (AvgIpc) is 3.92. The van der Waals surface area contributed by atoms with E-state index in [-0.39, 0.29) is 43.3 Å². The second-order valence-electron chi connectivity index (χ2n) is 18.3. The van der Waals surface area contributed by atoms with Crippen LogP contribution in [-0.4, -0.2) is 106 Å². The molecule has 1 saturated heterocycles. The van der Waals surface area contributed by atoms with Crippen molar-refractivity contribution in [3.63, 3.8) is 0 Å². The van der Waals surface area contributed by atoms with Crippen LogP contribution in [-0.2, 0) is 54.2 Å². The molecule has 61 heavy (non-hydrogen) atoms. The molecule has 16 heteroatoms. The highest BCUT2D eigenvalue weighted by molar-refractivity contribution is 7.10. The third kappa shape index (κ3) is 7.40. The van der Waals surface area contributed by atoms with Gasteiger partial charge in [0.05, 0.1) is 36.8 Å². The number of hydrogen-bond acceptors (Lipinski definition) is 15. The lowest BCUT2D eigenvalue weighted by atomic mass is 9.44. The summed E-state index contributed by atoms with van der Waals surface area (Å²) in [7, 11) is 0. The second-order valence-corrected chi connectivity index (χ2v) is 19.3. The van der Waals surface area contributed by atoms with E-state index in [0.29, 0.717) is 36.1 Å². The zero-order valence-electron chi connectivity index (χ0n) is 35.0. The molecular weight excluding hydrogens is 811 g/mol. The van der Waals surface area contributed by atoms with Crippen LogP contribution in [0.5, 0.6) is 0 Å². The van der Waals surface area contributed by atoms with Gasteiger partial charge in [0, 0.05) is 36.0 Å². The van der Waals surface area contributed by atoms with E-state index in [2.05, 4.69) is 5.32 Å². The number of alkyl carbamates (subject to hydrolysis) is 1. The van der Waals surface area contributed by atoms with Gasteiger partial charge in [-0.2, -0.15) is 0 Å². The number of aliphatic hydroxyl groups excluding tert-OH is 2. The minimum absolute atomic E-state index is 0.0884. The van der Waals surface area contributed by atoms with Gasteiger partial charge in [-0.1, -0.05) is 50.2 Å². The third-order valence-electron chi connectivity index (χ3n) is 14.3. The maximum absolute atomic E-state index is 15.7. The Morgan fingerprint density at radius 2 is 1.72 bits per heavy atom. The van der Waals surface area contributed by atoms with Crippen LogP contribution in [0.2, 0.25) is 0 Å². The second kappa shape index (κ2) is 16.2. The van der Waals surface area contributed by atoms with Crippen molar-refractivity contribution in [2.75, 3.05) is 6.61 Å². The fourth-order valence-electron chi connectivity index (χ4n) is 10.4. The Kier molecular flexibility index (Phi) is 11.5. The quantitative estimate of drug-likeness (QED) is 0.132. The third-order valence-corrected chi connectivity index (χ3v) is 15.3. The van der Waals surface area contributed by atoms with Crippen LogP contribution >= 0.6 is 11.3 Å². The molecule has 8 rings (SSSR count). The number of carbonyl (C=O) groups excluding carboxylic acids is 5. The highest BCUT2D eigenvalue weighted by Crippen LogP contribution is 2.64. The zero-order chi connectivity index (χ0) is 43.6. The molecule has 0 radical (unpaired) electrons. The van der Waals surface area contributed by atoms with Crippen molar-refractivity contribution in [3.8, 4) is 0 Å². The molecule has 1 unspecified atom stereocenters. The summed E-state index contributed by atoms with van der Waals surface area (Å²) in [5, 5.41) is 42.0. The summed E-state index contributed by atoms with van der Waals surface area (Å²) >= 11 is 1.20. The number of nitrogens with one attached hydrogen (secondary N) is 1. The molecule has 6 aliphatic rings. The average molecular weight is 866 g/mol. The molecule has 5 fully saturated rings. The molecule has 5 aliphatic carbocycles. The Hall–Kier alpha value is -4.19. The van der Waals surface area contributed by atoms with E-state index >= 15 is 4.79 Å². The highest BCUT2D eigenvalue weighted by Gasteiger charge is 2.78. The molecule has 1 aliphatic heterocycles. The summed E-state index contributed by atoms with van der Waals surface area (Å²) in [5.74, 6) is -4.92. The topological polar surface area (TPSA) is 213 Å². The highest BCUT2D eigenvalue weighted by atomic mass is 32.1. The van der Waals surface area contributed by atoms with E-state index in [1.54, 1.807) is 38.3 Å². The minimum atomic E-state index is -2.13. The molecule has 330 valence electrons. The number of benzene rings is 1. The number of ether oxygens (including phenoxy) is 6. The summed E-state index contributed by atoms with van der Waals surface area (Å²) in [6.07, 6.45) is -6.84. The predicted octanol–water partition coefficient (Wildman–Crippen LogP) is 4.40. The summed E-state index contributed by atoms with van der Waals surface area (Å²) in [5.41, 5.74) is -5.92. The predicted molar refractivity (Wildman–Crippen MR) is 215 cm³/mol. The summed E-state index contributed by atoms with van der Waals surface area (Å²) < 4.78 is 36.8. The zero-order valence-corrected chi connectivity index (χ0v) is 35.8. The van der Waals surface area contributed by atoms with E-state index in [0.717, 1.165) is 6.42 Å². The number of aliphatic hydroxyl groups is 3. The Labute approximate surface area is 358 Å². The van der Waals surface area contributed by atoms with Gasteiger partial charge in [0.2, 0.25) is 0 Å². The lowest BCUT2D eigenvalue weighted by molar-refractivity contribution is -0.351. The number of thiophene rings is 1. The number of ketones is 1. The van der Waals surface area contributed by atoms with E-state index in [1.165, 1.54) is 25.2 Å². The van der Waals surface area contributed by atoms with Crippen molar-refractivity contribution in [1.82, 2.24) is 5.32 Å². The van der Waals surface area contributed by atoms with Gasteiger partial charge in [0.15, 0.2) is 23.6 Å². The number of rotatable bonds is 12. The van der Waals surface area contributed by atoms with Crippen LogP contribution in [0.3, 0.4) is 0 Å². The van der Waals surface area contributed by atoms with Gasteiger partial charge in [-0.05, 0) is 74.1 Å². The molecule has 11 atom stereocenters. The van der Waals surface area contributed by atoms with Crippen molar-refractivity contribution < 1.29 is 67.7 Å². The maximum Gasteiger partial charge on any atom is 0.408 e. The van der Waals surface area contributed by atoms with Crippen LogP contribution in [0.25, 0.3) is 0 Å². The van der Waals surface area contributed by atoms with Crippen LogP contribution in [0.1, 0.15) is 96.0 Å². The van der Waals surface area contributed by atoms with Crippen molar-refractivity contribution in [2.45, 2.75) is 146 Å². The normalized spacial score (nSPS) is 35.0. The van der Waals surface area contributed by atoms with Crippen LogP contribution in [0.15, 0.2) is 59.0 Å². The number of hydrogen-bond donors (Lipinski definition) is 4. The van der Waals surface area contributed by atoms with Gasteiger partial charge in [0.25, 0.3) is 0 Å². The van der Waals surface area contributed by atoms with Crippen molar-refractivity contribution in [1.29, 1.82) is 0 Å². The monoisotopic (exact) mass is 865 g/mol. The van der Waals surface area contributed by atoms with Gasteiger partial charge in [0.1, 0.15) is 30.0 Å². The van der Waals surface area contributed by atoms with Gasteiger partial charge in [-0.15, -0.1) is 11.3 Å². The molecule has 0 spiro atoms.